The maximum Gasteiger partial charge on any atom is 0.0641 e. The Morgan fingerprint density at radius 1 is 1.35 bits per heavy atom. The third-order valence-electron chi connectivity index (χ3n) is 3.77. The van der Waals surface area contributed by atoms with Crippen LogP contribution in [0, 0.1) is 17.2 Å². The number of benzene rings is 1. The van der Waals surface area contributed by atoms with E-state index in [2.05, 4.69) is 42.3 Å². The Bertz CT molecular complexity index is 376. The number of hydrogen-bond acceptors (Lipinski definition) is 2. The van der Waals surface area contributed by atoms with Crippen LogP contribution in [0.3, 0.4) is 0 Å². The molecule has 90 valence electrons. The summed E-state index contributed by atoms with van der Waals surface area (Å²) >= 11 is 0. The third-order valence-corrected chi connectivity index (χ3v) is 3.77. The van der Waals surface area contributed by atoms with E-state index in [-0.39, 0.29) is 6.04 Å². The average Bonchev–Trinajstić information content (AvgIpc) is 2.31. The molecule has 1 aromatic rings. The Morgan fingerprint density at radius 2 is 2.06 bits per heavy atom. The highest BCUT2D eigenvalue weighted by molar-refractivity contribution is 5.20. The summed E-state index contributed by atoms with van der Waals surface area (Å²) in [4.78, 5) is 2.35. The summed E-state index contributed by atoms with van der Waals surface area (Å²) in [6.45, 7) is 1.13. The molecule has 2 heteroatoms. The molecule has 1 saturated carbocycles. The summed E-state index contributed by atoms with van der Waals surface area (Å²) < 4.78 is 0. The van der Waals surface area contributed by atoms with Crippen LogP contribution in [0.2, 0.25) is 0 Å². The number of hydrogen-bond donors (Lipinski definition) is 0. The van der Waals surface area contributed by atoms with Crippen molar-refractivity contribution in [1.82, 2.24) is 4.90 Å². The van der Waals surface area contributed by atoms with E-state index in [4.69, 9.17) is 5.26 Å². The van der Waals surface area contributed by atoms with E-state index in [1.54, 1.807) is 0 Å². The van der Waals surface area contributed by atoms with E-state index < -0.39 is 0 Å². The second-order valence-electron chi connectivity index (χ2n) is 5.03. The minimum Gasteiger partial charge on any atom is -0.298 e. The van der Waals surface area contributed by atoms with Gasteiger partial charge in [0, 0.05) is 12.6 Å². The van der Waals surface area contributed by atoms with Gasteiger partial charge in [-0.2, -0.15) is 5.26 Å². The topological polar surface area (TPSA) is 27.0 Å². The minimum absolute atomic E-state index is 0.252. The number of nitriles is 1. The van der Waals surface area contributed by atoms with Gasteiger partial charge in [-0.15, -0.1) is 0 Å². The van der Waals surface area contributed by atoms with Crippen LogP contribution in [0.4, 0.5) is 0 Å². The molecular weight excluding hydrogens is 208 g/mol. The third kappa shape index (κ3) is 3.08. The van der Waals surface area contributed by atoms with Gasteiger partial charge in [-0.05, 0) is 31.4 Å². The highest BCUT2D eigenvalue weighted by atomic mass is 15.1. The van der Waals surface area contributed by atoms with Gasteiger partial charge < -0.3 is 0 Å². The summed E-state index contributed by atoms with van der Waals surface area (Å²) in [6.07, 6.45) is 4.68. The second-order valence-corrected chi connectivity index (χ2v) is 5.03. The molecule has 1 aromatic carbocycles. The van der Waals surface area contributed by atoms with E-state index in [0.29, 0.717) is 6.42 Å². The number of nitrogens with zero attached hydrogens (tertiary/aromatic N) is 2. The van der Waals surface area contributed by atoms with Gasteiger partial charge in [0.05, 0.1) is 12.5 Å². The zero-order chi connectivity index (χ0) is 12.1. The fourth-order valence-corrected chi connectivity index (χ4v) is 2.50. The van der Waals surface area contributed by atoms with Gasteiger partial charge in [0.25, 0.3) is 0 Å². The molecule has 0 heterocycles. The molecule has 0 spiro atoms. The van der Waals surface area contributed by atoms with E-state index >= 15 is 0 Å². The van der Waals surface area contributed by atoms with Crippen LogP contribution in [-0.4, -0.2) is 18.5 Å². The molecular formula is C15H20N2. The van der Waals surface area contributed by atoms with E-state index in [9.17, 15) is 0 Å². The molecule has 0 N–H and O–H groups in total. The van der Waals surface area contributed by atoms with Crippen molar-refractivity contribution in [3.05, 3.63) is 35.9 Å². The molecule has 1 aliphatic carbocycles. The Balaban J connectivity index is 2.03. The van der Waals surface area contributed by atoms with Crippen molar-refractivity contribution < 1.29 is 0 Å². The van der Waals surface area contributed by atoms with Gasteiger partial charge in [0.1, 0.15) is 0 Å². The molecule has 0 aliphatic heterocycles. The number of rotatable bonds is 5. The summed E-state index contributed by atoms with van der Waals surface area (Å²) in [5.41, 5.74) is 1.26. The van der Waals surface area contributed by atoms with Gasteiger partial charge in [-0.3, -0.25) is 4.90 Å². The Morgan fingerprint density at radius 3 is 2.59 bits per heavy atom. The van der Waals surface area contributed by atoms with Crippen LogP contribution >= 0.6 is 0 Å². The maximum atomic E-state index is 8.98. The first-order chi connectivity index (χ1) is 8.31. The van der Waals surface area contributed by atoms with Crippen molar-refractivity contribution in [2.75, 3.05) is 13.6 Å². The molecule has 1 atom stereocenters. The van der Waals surface area contributed by atoms with Crippen molar-refractivity contribution in [2.45, 2.75) is 31.7 Å². The normalized spacial score (nSPS) is 17.5. The smallest absolute Gasteiger partial charge is 0.0641 e. The monoisotopic (exact) mass is 228 g/mol. The zero-order valence-electron chi connectivity index (χ0n) is 10.5. The molecule has 0 amide bonds. The first kappa shape index (κ1) is 12.1. The molecule has 2 nitrogen and oxygen atoms in total. The van der Waals surface area contributed by atoms with E-state index in [1.807, 2.05) is 6.07 Å². The highest BCUT2D eigenvalue weighted by Crippen LogP contribution is 2.30. The average molecular weight is 228 g/mol. The minimum atomic E-state index is 0.252. The van der Waals surface area contributed by atoms with E-state index in [0.717, 1.165) is 12.5 Å². The van der Waals surface area contributed by atoms with Crippen LogP contribution < -0.4 is 0 Å². The van der Waals surface area contributed by atoms with Crippen LogP contribution in [0.1, 0.15) is 37.3 Å². The van der Waals surface area contributed by atoms with Gasteiger partial charge in [0.15, 0.2) is 0 Å². The predicted octanol–water partition coefficient (Wildman–Crippen LogP) is 3.37. The SMILES string of the molecule is CN(CC1CCC1)C(CC#N)c1ccccc1. The molecule has 1 unspecified atom stereocenters. The van der Waals surface area contributed by atoms with Crippen LogP contribution in [0.5, 0.6) is 0 Å². The Kier molecular flexibility index (Phi) is 4.17. The van der Waals surface area contributed by atoms with Crippen molar-refractivity contribution in [2.24, 2.45) is 5.92 Å². The lowest BCUT2D eigenvalue weighted by atomic mass is 9.84. The summed E-state index contributed by atoms with van der Waals surface area (Å²) in [7, 11) is 2.15. The summed E-state index contributed by atoms with van der Waals surface area (Å²) in [5.74, 6) is 0.852. The molecule has 1 aliphatic rings. The lowest BCUT2D eigenvalue weighted by molar-refractivity contribution is 0.163. The molecule has 0 aromatic heterocycles. The molecule has 0 saturated heterocycles. The lowest BCUT2D eigenvalue weighted by Crippen LogP contribution is -2.32. The largest absolute Gasteiger partial charge is 0.298 e. The van der Waals surface area contributed by atoms with Crippen molar-refractivity contribution in [1.29, 1.82) is 5.26 Å². The second kappa shape index (κ2) is 5.84. The molecule has 0 bridgehead atoms. The lowest BCUT2D eigenvalue weighted by Gasteiger charge is -2.34. The fourth-order valence-electron chi connectivity index (χ4n) is 2.50. The van der Waals surface area contributed by atoms with Crippen molar-refractivity contribution >= 4 is 0 Å². The maximum absolute atomic E-state index is 8.98. The van der Waals surface area contributed by atoms with Crippen molar-refractivity contribution in [3.8, 4) is 6.07 Å². The van der Waals surface area contributed by atoms with Gasteiger partial charge in [-0.1, -0.05) is 36.8 Å². The molecule has 2 rings (SSSR count). The summed E-state index contributed by atoms with van der Waals surface area (Å²) in [6, 6.07) is 12.9. The fraction of sp³-hybridized carbons (Fsp3) is 0.533. The van der Waals surface area contributed by atoms with E-state index in [1.165, 1.54) is 24.8 Å². The quantitative estimate of drug-likeness (QED) is 0.772. The molecule has 1 fully saturated rings. The first-order valence-corrected chi connectivity index (χ1v) is 6.43. The first-order valence-electron chi connectivity index (χ1n) is 6.43. The highest BCUT2D eigenvalue weighted by Gasteiger charge is 2.23. The van der Waals surface area contributed by atoms with Crippen LogP contribution in [0.25, 0.3) is 0 Å². The van der Waals surface area contributed by atoms with Gasteiger partial charge in [0.2, 0.25) is 0 Å². The Hall–Kier alpha value is -1.33. The zero-order valence-corrected chi connectivity index (χ0v) is 10.5. The van der Waals surface area contributed by atoms with Gasteiger partial charge >= 0.3 is 0 Å². The van der Waals surface area contributed by atoms with Gasteiger partial charge in [-0.25, -0.2) is 0 Å². The summed E-state index contributed by atoms with van der Waals surface area (Å²) in [5, 5.41) is 8.98. The van der Waals surface area contributed by atoms with Crippen LogP contribution in [-0.2, 0) is 0 Å². The molecule has 0 radical (unpaired) electrons. The molecule has 17 heavy (non-hydrogen) atoms. The van der Waals surface area contributed by atoms with Crippen LogP contribution in [0.15, 0.2) is 30.3 Å². The Labute approximate surface area is 104 Å². The standard InChI is InChI=1S/C15H20N2/c1-17(12-13-6-5-7-13)15(10-11-16)14-8-3-2-4-9-14/h2-4,8-9,13,15H,5-7,10,12H2,1H3. The van der Waals surface area contributed by atoms with Crippen molar-refractivity contribution in [3.63, 3.8) is 0 Å². The predicted molar refractivity (Wildman–Crippen MR) is 69.4 cm³/mol.